The fourth-order valence-corrected chi connectivity index (χ4v) is 2.75. The maximum absolute atomic E-state index is 11.6. The number of amides is 1. The number of rotatable bonds is 3. The van der Waals surface area contributed by atoms with Gasteiger partial charge in [-0.2, -0.15) is 0 Å². The van der Waals surface area contributed by atoms with Gasteiger partial charge in [0.05, 0.1) is 24.9 Å². The number of aryl methyl sites for hydroxylation is 1. The Bertz CT molecular complexity index is 903. The molecule has 0 bridgehead atoms. The second-order valence-corrected chi connectivity index (χ2v) is 5.87. The van der Waals surface area contributed by atoms with E-state index in [0.717, 1.165) is 33.1 Å². The SMILES string of the molecule is COc1ccc2c(c1)c(CN(C)C(C)=O)nc1ccc(C)cc12. The van der Waals surface area contributed by atoms with Gasteiger partial charge in [0.1, 0.15) is 5.75 Å². The van der Waals surface area contributed by atoms with Crippen LogP contribution in [0.3, 0.4) is 0 Å². The van der Waals surface area contributed by atoms with Gasteiger partial charge in [-0.25, -0.2) is 0 Å². The average Bonchev–Trinajstić information content (AvgIpc) is 2.54. The third-order valence-electron chi connectivity index (χ3n) is 4.16. The minimum atomic E-state index is 0.0202. The molecule has 1 aromatic heterocycles. The molecule has 3 rings (SSSR count). The van der Waals surface area contributed by atoms with E-state index >= 15 is 0 Å². The van der Waals surface area contributed by atoms with Crippen molar-refractivity contribution in [1.29, 1.82) is 0 Å². The number of nitrogens with zero attached hydrogens (tertiary/aromatic N) is 2. The predicted molar refractivity (Wildman–Crippen MR) is 92.7 cm³/mol. The molecule has 4 nitrogen and oxygen atoms in total. The third-order valence-corrected chi connectivity index (χ3v) is 4.16. The smallest absolute Gasteiger partial charge is 0.219 e. The van der Waals surface area contributed by atoms with Crippen molar-refractivity contribution in [2.45, 2.75) is 20.4 Å². The minimum absolute atomic E-state index is 0.0202. The monoisotopic (exact) mass is 308 g/mol. The largest absolute Gasteiger partial charge is 0.497 e. The highest BCUT2D eigenvalue weighted by Gasteiger charge is 2.13. The molecule has 0 aliphatic carbocycles. The lowest BCUT2D eigenvalue weighted by Crippen LogP contribution is -2.23. The summed E-state index contributed by atoms with van der Waals surface area (Å²) in [6, 6.07) is 12.3. The van der Waals surface area contributed by atoms with Crippen LogP contribution in [0.15, 0.2) is 36.4 Å². The summed E-state index contributed by atoms with van der Waals surface area (Å²) in [5.41, 5.74) is 3.03. The van der Waals surface area contributed by atoms with E-state index in [-0.39, 0.29) is 5.91 Å². The zero-order valence-corrected chi connectivity index (χ0v) is 13.9. The van der Waals surface area contributed by atoms with Crippen molar-refractivity contribution in [1.82, 2.24) is 9.88 Å². The molecule has 1 amide bonds. The van der Waals surface area contributed by atoms with Crippen molar-refractivity contribution in [2.24, 2.45) is 0 Å². The highest BCUT2D eigenvalue weighted by molar-refractivity contribution is 6.07. The van der Waals surface area contributed by atoms with Crippen LogP contribution in [0.2, 0.25) is 0 Å². The van der Waals surface area contributed by atoms with Crippen LogP contribution in [-0.2, 0) is 11.3 Å². The van der Waals surface area contributed by atoms with Gasteiger partial charge in [0, 0.05) is 24.7 Å². The molecule has 0 N–H and O–H groups in total. The van der Waals surface area contributed by atoms with Crippen LogP contribution in [0.5, 0.6) is 5.75 Å². The average molecular weight is 308 g/mol. The summed E-state index contributed by atoms with van der Waals surface area (Å²) in [6.07, 6.45) is 0. The first-order valence-electron chi connectivity index (χ1n) is 7.58. The van der Waals surface area contributed by atoms with E-state index in [1.807, 2.05) is 18.2 Å². The van der Waals surface area contributed by atoms with Gasteiger partial charge in [0.2, 0.25) is 5.91 Å². The fourth-order valence-electron chi connectivity index (χ4n) is 2.75. The van der Waals surface area contributed by atoms with E-state index in [1.54, 1.807) is 26.0 Å². The lowest BCUT2D eigenvalue weighted by molar-refractivity contribution is -0.128. The molecule has 0 unspecified atom stereocenters. The molecule has 1 heterocycles. The number of hydrogen-bond acceptors (Lipinski definition) is 3. The molecule has 0 aliphatic rings. The van der Waals surface area contributed by atoms with Crippen molar-refractivity contribution in [3.05, 3.63) is 47.7 Å². The van der Waals surface area contributed by atoms with E-state index in [2.05, 4.69) is 25.1 Å². The number of aromatic nitrogens is 1. The van der Waals surface area contributed by atoms with Crippen LogP contribution in [-0.4, -0.2) is 29.9 Å². The Hall–Kier alpha value is -2.62. The van der Waals surface area contributed by atoms with Crippen molar-refractivity contribution in [3.8, 4) is 5.75 Å². The van der Waals surface area contributed by atoms with Crippen LogP contribution in [0, 0.1) is 6.92 Å². The highest BCUT2D eigenvalue weighted by Crippen LogP contribution is 2.30. The first kappa shape index (κ1) is 15.3. The number of pyridine rings is 1. The molecule has 0 saturated heterocycles. The second kappa shape index (κ2) is 5.88. The number of ether oxygens (including phenoxy) is 1. The van der Waals surface area contributed by atoms with Crippen LogP contribution < -0.4 is 4.74 Å². The van der Waals surface area contributed by atoms with E-state index in [1.165, 1.54) is 5.56 Å². The zero-order chi connectivity index (χ0) is 16.6. The molecule has 0 radical (unpaired) electrons. The summed E-state index contributed by atoms with van der Waals surface area (Å²) in [7, 11) is 3.44. The number of carbonyl (C=O) groups excluding carboxylic acids is 1. The number of hydrogen-bond donors (Lipinski definition) is 0. The highest BCUT2D eigenvalue weighted by atomic mass is 16.5. The summed E-state index contributed by atoms with van der Waals surface area (Å²) < 4.78 is 5.36. The summed E-state index contributed by atoms with van der Waals surface area (Å²) >= 11 is 0. The minimum Gasteiger partial charge on any atom is -0.497 e. The third kappa shape index (κ3) is 2.84. The van der Waals surface area contributed by atoms with Gasteiger partial charge in [0.25, 0.3) is 0 Å². The molecule has 0 saturated carbocycles. The summed E-state index contributed by atoms with van der Waals surface area (Å²) in [6.45, 7) is 4.11. The Balaban J connectivity index is 2.30. The number of methoxy groups -OCH3 is 1. The molecule has 2 aromatic carbocycles. The van der Waals surface area contributed by atoms with Crippen LogP contribution in [0.4, 0.5) is 0 Å². The molecule has 0 aliphatic heterocycles. The Kier molecular flexibility index (Phi) is 3.90. The van der Waals surface area contributed by atoms with Gasteiger partial charge in [-0.05, 0) is 42.6 Å². The Morgan fingerprint density at radius 2 is 1.91 bits per heavy atom. The Labute approximate surface area is 135 Å². The Morgan fingerprint density at radius 1 is 1.13 bits per heavy atom. The summed E-state index contributed by atoms with van der Waals surface area (Å²) in [5.74, 6) is 0.810. The van der Waals surface area contributed by atoms with Crippen molar-refractivity contribution < 1.29 is 9.53 Å². The molecule has 0 spiro atoms. The van der Waals surface area contributed by atoms with Gasteiger partial charge in [-0.3, -0.25) is 9.78 Å². The molecule has 0 fully saturated rings. The van der Waals surface area contributed by atoms with Crippen LogP contribution >= 0.6 is 0 Å². The maximum Gasteiger partial charge on any atom is 0.219 e. The number of fused-ring (bicyclic) bond motifs is 3. The molecular formula is C19H20N2O2. The lowest BCUT2D eigenvalue weighted by atomic mass is 10.0. The van der Waals surface area contributed by atoms with Gasteiger partial charge in [-0.1, -0.05) is 11.6 Å². The van der Waals surface area contributed by atoms with Crippen molar-refractivity contribution in [2.75, 3.05) is 14.2 Å². The quantitative estimate of drug-likeness (QED) is 0.693. The van der Waals surface area contributed by atoms with E-state index in [9.17, 15) is 4.79 Å². The zero-order valence-electron chi connectivity index (χ0n) is 13.9. The van der Waals surface area contributed by atoms with Gasteiger partial charge >= 0.3 is 0 Å². The van der Waals surface area contributed by atoms with Crippen LogP contribution in [0.1, 0.15) is 18.2 Å². The normalized spacial score (nSPS) is 11.0. The molecule has 4 heteroatoms. The van der Waals surface area contributed by atoms with Crippen molar-refractivity contribution >= 4 is 27.6 Å². The number of benzene rings is 2. The van der Waals surface area contributed by atoms with E-state index < -0.39 is 0 Å². The molecular weight excluding hydrogens is 288 g/mol. The number of carbonyl (C=O) groups is 1. The summed E-state index contributed by atoms with van der Waals surface area (Å²) in [4.78, 5) is 18.0. The standard InChI is InChI=1S/C19H20N2O2/c1-12-5-8-18-16(9-12)15-7-6-14(23-4)10-17(15)19(20-18)11-21(3)13(2)22/h5-10H,11H2,1-4H3. The first-order chi connectivity index (χ1) is 11.0. The fraction of sp³-hybridized carbons (Fsp3) is 0.263. The molecule has 3 aromatic rings. The molecule has 118 valence electrons. The second-order valence-electron chi connectivity index (χ2n) is 5.87. The topological polar surface area (TPSA) is 42.4 Å². The van der Waals surface area contributed by atoms with Gasteiger partial charge in [0.15, 0.2) is 0 Å². The van der Waals surface area contributed by atoms with Crippen LogP contribution in [0.25, 0.3) is 21.7 Å². The van der Waals surface area contributed by atoms with E-state index in [4.69, 9.17) is 9.72 Å². The first-order valence-corrected chi connectivity index (χ1v) is 7.58. The maximum atomic E-state index is 11.6. The lowest BCUT2D eigenvalue weighted by Gasteiger charge is -2.17. The van der Waals surface area contributed by atoms with Crippen molar-refractivity contribution in [3.63, 3.8) is 0 Å². The van der Waals surface area contributed by atoms with E-state index in [0.29, 0.717) is 6.54 Å². The Morgan fingerprint density at radius 3 is 2.61 bits per heavy atom. The van der Waals surface area contributed by atoms with Gasteiger partial charge in [-0.15, -0.1) is 0 Å². The summed E-state index contributed by atoms with van der Waals surface area (Å²) in [5, 5.41) is 3.28. The predicted octanol–water partition coefficient (Wildman–Crippen LogP) is 3.68. The molecule has 23 heavy (non-hydrogen) atoms. The molecule has 0 atom stereocenters. The van der Waals surface area contributed by atoms with Gasteiger partial charge < -0.3 is 9.64 Å².